The molecule has 0 bridgehead atoms. The lowest BCUT2D eigenvalue weighted by atomic mass is 10.2. The van der Waals surface area contributed by atoms with E-state index >= 15 is 0 Å². The molecule has 2 heterocycles. The van der Waals surface area contributed by atoms with Crippen molar-refractivity contribution in [3.05, 3.63) is 54.9 Å². The van der Waals surface area contributed by atoms with Crippen LogP contribution >= 0.6 is 0 Å². The number of amides is 1. The first-order chi connectivity index (χ1) is 10.2. The Morgan fingerprint density at radius 3 is 2.64 bits per heavy atom. The van der Waals surface area contributed by atoms with Crippen molar-refractivity contribution in [2.75, 3.05) is 0 Å². The number of nitrogens with zero attached hydrogens (tertiary/aromatic N) is 3. The largest absolute Gasteiger partial charge is 1.00 e. The predicted octanol–water partition coefficient (Wildman–Crippen LogP) is -0.525. The van der Waals surface area contributed by atoms with Crippen molar-refractivity contribution in [1.82, 2.24) is 4.98 Å². The molecule has 0 radical (unpaired) electrons. The van der Waals surface area contributed by atoms with Crippen LogP contribution in [-0.4, -0.2) is 16.0 Å². The molecule has 3 aromatic rings. The molecule has 6 nitrogen and oxygen atoms in total. The van der Waals surface area contributed by atoms with Crippen molar-refractivity contribution in [3.8, 4) is 5.88 Å². The van der Waals surface area contributed by atoms with E-state index in [4.69, 9.17) is 0 Å². The Bertz CT molecular complexity index is 815. The summed E-state index contributed by atoms with van der Waals surface area (Å²) in [4.78, 5) is 14.6. The Morgan fingerprint density at radius 1 is 1.14 bits per heavy atom. The normalized spacial score (nSPS) is 10.7. The Balaban J connectivity index is 0.00000176. The van der Waals surface area contributed by atoms with Crippen molar-refractivity contribution in [3.63, 3.8) is 0 Å². The number of rotatable bonds is 3. The summed E-state index contributed by atoms with van der Waals surface area (Å²) in [6.07, 6.45) is 3.55. The molecule has 0 saturated heterocycles. The number of H-pyrrole nitrogens is 1. The lowest BCUT2D eigenvalue weighted by molar-refractivity contribution is -0.684. The van der Waals surface area contributed by atoms with Gasteiger partial charge in [0.05, 0.1) is 5.52 Å². The van der Waals surface area contributed by atoms with Gasteiger partial charge in [-0.2, -0.15) is 4.57 Å². The van der Waals surface area contributed by atoms with Crippen molar-refractivity contribution in [2.24, 2.45) is 10.2 Å². The van der Waals surface area contributed by atoms with E-state index in [-0.39, 0.29) is 30.5 Å². The zero-order valence-corrected chi connectivity index (χ0v) is 12.2. The Labute approximate surface area is 132 Å². The van der Waals surface area contributed by atoms with Gasteiger partial charge in [0.15, 0.2) is 18.1 Å². The molecule has 1 aromatic carbocycles. The van der Waals surface area contributed by atoms with Crippen LogP contribution in [0, 0.1) is 0 Å². The lowest BCUT2D eigenvalue weighted by Gasteiger charge is -1.92. The van der Waals surface area contributed by atoms with Crippen LogP contribution in [0.2, 0.25) is 0 Å². The van der Waals surface area contributed by atoms with E-state index in [9.17, 15) is 9.90 Å². The average Bonchev–Trinajstić information content (AvgIpc) is 2.81. The summed E-state index contributed by atoms with van der Waals surface area (Å²) < 4.78 is 1.70. The smallest absolute Gasteiger partial charge is 0.329 e. The van der Waals surface area contributed by atoms with E-state index in [1.165, 1.54) is 0 Å². The number of fused-ring (bicyclic) bond motifs is 1. The third-order valence-electron chi connectivity index (χ3n) is 3.02. The first-order valence-corrected chi connectivity index (χ1v) is 6.42. The van der Waals surface area contributed by atoms with Gasteiger partial charge in [0, 0.05) is 17.5 Å². The standard InChI is InChI=1S/C15H12N4O2.ClH/c20-13(10-19-8-4-1-5-9-19)17-18-14-11-6-2-3-7-12(11)16-15(14)21;/h1-9H,10H2,(H-,16,17,18,20,21);1H. The first kappa shape index (κ1) is 15.7. The topological polar surface area (TPSA) is 81.7 Å². The van der Waals surface area contributed by atoms with Crippen molar-refractivity contribution >= 4 is 22.5 Å². The number of carbonyl (C=O) groups excluding carboxylic acids is 1. The molecule has 1 amide bonds. The molecule has 2 N–H and O–H groups in total. The van der Waals surface area contributed by atoms with Crippen LogP contribution in [-0.2, 0) is 11.3 Å². The minimum Gasteiger partial charge on any atom is -1.00 e. The highest BCUT2D eigenvalue weighted by molar-refractivity contribution is 5.94. The number of hydrogen-bond donors (Lipinski definition) is 2. The first-order valence-electron chi connectivity index (χ1n) is 6.42. The third kappa shape index (κ3) is 3.29. The number of aromatic nitrogens is 2. The highest BCUT2D eigenvalue weighted by atomic mass is 35.5. The van der Waals surface area contributed by atoms with Gasteiger partial charge in [-0.25, -0.2) is 0 Å². The summed E-state index contributed by atoms with van der Waals surface area (Å²) in [5.74, 6) is -0.490. The van der Waals surface area contributed by atoms with Gasteiger partial charge in [0.2, 0.25) is 12.4 Å². The lowest BCUT2D eigenvalue weighted by Crippen LogP contribution is -3.00. The summed E-state index contributed by atoms with van der Waals surface area (Å²) in [6.45, 7) is 0.105. The molecule has 112 valence electrons. The molecule has 0 aliphatic rings. The highest BCUT2D eigenvalue weighted by Crippen LogP contribution is 2.35. The van der Waals surface area contributed by atoms with Gasteiger partial charge < -0.3 is 22.5 Å². The maximum atomic E-state index is 11.8. The minimum absolute atomic E-state index is 0. The van der Waals surface area contributed by atoms with Gasteiger partial charge in [0.1, 0.15) is 0 Å². The molecule has 0 unspecified atom stereocenters. The number of hydrogen-bond acceptors (Lipinski definition) is 3. The Kier molecular flexibility index (Phi) is 4.85. The summed E-state index contributed by atoms with van der Waals surface area (Å²) >= 11 is 0. The second kappa shape index (κ2) is 6.82. The Hall–Kier alpha value is -2.73. The number of azo groups is 1. The second-order valence-electron chi connectivity index (χ2n) is 4.51. The van der Waals surface area contributed by atoms with Crippen LogP contribution in [0.3, 0.4) is 0 Å². The van der Waals surface area contributed by atoms with Gasteiger partial charge in [-0.3, -0.25) is 4.79 Å². The van der Waals surface area contributed by atoms with E-state index in [2.05, 4.69) is 15.2 Å². The fourth-order valence-corrected chi connectivity index (χ4v) is 2.05. The molecule has 0 spiro atoms. The molecule has 3 rings (SSSR count). The van der Waals surface area contributed by atoms with Crippen molar-refractivity contribution in [1.29, 1.82) is 0 Å². The Morgan fingerprint density at radius 2 is 1.86 bits per heavy atom. The number of aromatic hydroxyl groups is 1. The van der Waals surface area contributed by atoms with Gasteiger partial charge in [-0.05, 0) is 6.07 Å². The molecular formula is C15H13ClN4O2. The zero-order chi connectivity index (χ0) is 14.7. The predicted molar refractivity (Wildman–Crippen MR) is 76.1 cm³/mol. The fraction of sp³-hybridized carbons (Fsp3) is 0.0667. The third-order valence-corrected chi connectivity index (χ3v) is 3.02. The van der Waals surface area contributed by atoms with E-state index in [1.807, 2.05) is 36.4 Å². The number of carbonyl (C=O) groups is 1. The number of halogens is 1. The van der Waals surface area contributed by atoms with Crippen molar-refractivity contribution in [2.45, 2.75) is 6.54 Å². The average molecular weight is 317 g/mol. The molecule has 0 saturated carbocycles. The number of aromatic amines is 1. The van der Waals surface area contributed by atoms with Gasteiger partial charge in [-0.1, -0.05) is 24.3 Å². The fourth-order valence-electron chi connectivity index (χ4n) is 2.05. The molecular weight excluding hydrogens is 304 g/mol. The van der Waals surface area contributed by atoms with Crippen LogP contribution in [0.15, 0.2) is 65.1 Å². The number of benzene rings is 1. The summed E-state index contributed by atoms with van der Waals surface area (Å²) in [5.41, 5.74) is 1.02. The molecule has 0 fully saturated rings. The van der Waals surface area contributed by atoms with E-state index < -0.39 is 5.91 Å². The summed E-state index contributed by atoms with van der Waals surface area (Å²) in [5, 5.41) is 18.1. The molecule has 7 heteroatoms. The summed E-state index contributed by atoms with van der Waals surface area (Å²) in [6, 6.07) is 12.8. The van der Waals surface area contributed by atoms with Gasteiger partial charge >= 0.3 is 5.91 Å². The van der Waals surface area contributed by atoms with Crippen LogP contribution in [0.4, 0.5) is 5.69 Å². The monoisotopic (exact) mass is 316 g/mol. The highest BCUT2D eigenvalue weighted by Gasteiger charge is 2.11. The summed E-state index contributed by atoms with van der Waals surface area (Å²) in [7, 11) is 0. The second-order valence-corrected chi connectivity index (χ2v) is 4.51. The maximum absolute atomic E-state index is 11.8. The van der Waals surface area contributed by atoms with Crippen molar-refractivity contribution < 1.29 is 26.9 Å². The molecule has 22 heavy (non-hydrogen) atoms. The van der Waals surface area contributed by atoms with E-state index in [0.29, 0.717) is 0 Å². The number of para-hydroxylation sites is 1. The SMILES string of the molecule is O=C(C[n+]1ccccc1)N=Nc1c(O)[nH]c2ccccc12.[Cl-]. The van der Waals surface area contributed by atoms with E-state index in [0.717, 1.165) is 10.9 Å². The maximum Gasteiger partial charge on any atom is 0.329 e. The molecule has 2 aromatic heterocycles. The molecule has 0 aliphatic carbocycles. The van der Waals surface area contributed by atoms with Crippen LogP contribution in [0.5, 0.6) is 5.88 Å². The molecule has 0 aliphatic heterocycles. The molecule has 0 atom stereocenters. The number of nitrogens with one attached hydrogen (secondary N) is 1. The van der Waals surface area contributed by atoms with Gasteiger partial charge in [0.25, 0.3) is 0 Å². The van der Waals surface area contributed by atoms with Gasteiger partial charge in [-0.15, -0.1) is 10.2 Å². The van der Waals surface area contributed by atoms with Crippen LogP contribution < -0.4 is 17.0 Å². The zero-order valence-electron chi connectivity index (χ0n) is 11.5. The quantitative estimate of drug-likeness (QED) is 0.503. The van der Waals surface area contributed by atoms with Crippen LogP contribution in [0.1, 0.15) is 0 Å². The van der Waals surface area contributed by atoms with E-state index in [1.54, 1.807) is 23.0 Å². The number of pyridine rings is 1. The van der Waals surface area contributed by atoms with Crippen LogP contribution in [0.25, 0.3) is 10.9 Å². The minimum atomic E-state index is -0.393.